The maximum absolute atomic E-state index is 10.4. The van der Waals surface area contributed by atoms with E-state index in [1.165, 1.54) is 0 Å². The van der Waals surface area contributed by atoms with Crippen LogP contribution in [0.5, 0.6) is 0 Å². The third-order valence-corrected chi connectivity index (χ3v) is 3.45. The van der Waals surface area contributed by atoms with E-state index in [2.05, 4.69) is 0 Å². The van der Waals surface area contributed by atoms with Gasteiger partial charge in [0.15, 0.2) is 0 Å². The SMILES string of the molecule is O=C(O)CCCC/C=C\C[C@@H](O)/C=C/C=C/C=C\[C@@H](O)CCCC(=O)O. The third-order valence-electron chi connectivity index (χ3n) is 3.45. The molecule has 0 unspecified atom stereocenters. The fraction of sp³-hybridized carbons (Fsp3) is 0.500. The molecule has 0 aliphatic heterocycles. The zero-order chi connectivity index (χ0) is 19.6. The minimum Gasteiger partial charge on any atom is -0.481 e. The molecule has 0 radical (unpaired) electrons. The van der Waals surface area contributed by atoms with Gasteiger partial charge in [0, 0.05) is 12.8 Å². The first kappa shape index (κ1) is 23.8. The van der Waals surface area contributed by atoms with Crippen molar-refractivity contribution < 1.29 is 30.0 Å². The molecule has 0 aliphatic rings. The Morgan fingerprint density at radius 2 is 1.31 bits per heavy atom. The number of unbranched alkanes of at least 4 members (excludes halogenated alkanes) is 2. The highest BCUT2D eigenvalue weighted by Crippen LogP contribution is 2.04. The van der Waals surface area contributed by atoms with Crippen LogP contribution in [0.1, 0.15) is 51.4 Å². The van der Waals surface area contributed by atoms with E-state index in [0.717, 1.165) is 12.8 Å². The third kappa shape index (κ3) is 18.2. The van der Waals surface area contributed by atoms with E-state index in [1.807, 2.05) is 12.2 Å². The lowest BCUT2D eigenvalue weighted by Gasteiger charge is -2.02. The normalized spacial score (nSPS) is 14.7. The molecular weight excluding hydrogens is 336 g/mol. The first-order valence-corrected chi connectivity index (χ1v) is 8.88. The zero-order valence-electron chi connectivity index (χ0n) is 15.0. The highest BCUT2D eigenvalue weighted by atomic mass is 16.4. The van der Waals surface area contributed by atoms with Gasteiger partial charge in [0.25, 0.3) is 0 Å². The molecule has 0 amide bonds. The number of aliphatic hydroxyl groups is 2. The second kappa shape index (κ2) is 16.3. The van der Waals surface area contributed by atoms with Crippen LogP contribution in [0.2, 0.25) is 0 Å². The van der Waals surface area contributed by atoms with Crippen molar-refractivity contribution in [2.45, 2.75) is 63.6 Å². The van der Waals surface area contributed by atoms with Crippen molar-refractivity contribution in [1.29, 1.82) is 0 Å². The van der Waals surface area contributed by atoms with Gasteiger partial charge >= 0.3 is 11.9 Å². The van der Waals surface area contributed by atoms with Crippen LogP contribution < -0.4 is 0 Å². The molecule has 26 heavy (non-hydrogen) atoms. The Morgan fingerprint density at radius 3 is 1.92 bits per heavy atom. The minimum atomic E-state index is -0.863. The lowest BCUT2D eigenvalue weighted by molar-refractivity contribution is -0.138. The van der Waals surface area contributed by atoms with Gasteiger partial charge in [-0.05, 0) is 38.5 Å². The molecular formula is C20H30O6. The van der Waals surface area contributed by atoms with Crippen molar-refractivity contribution in [1.82, 2.24) is 0 Å². The van der Waals surface area contributed by atoms with Crippen LogP contribution in [0.4, 0.5) is 0 Å². The van der Waals surface area contributed by atoms with E-state index in [0.29, 0.717) is 25.7 Å². The summed E-state index contributed by atoms with van der Waals surface area (Å²) in [6.07, 6.45) is 16.6. The average Bonchev–Trinajstić information content (AvgIpc) is 2.56. The average molecular weight is 366 g/mol. The summed E-state index contributed by atoms with van der Waals surface area (Å²) in [6, 6.07) is 0. The van der Waals surface area contributed by atoms with Crippen molar-refractivity contribution in [3.05, 3.63) is 48.6 Å². The molecule has 4 N–H and O–H groups in total. The highest BCUT2D eigenvalue weighted by molar-refractivity contribution is 5.66. The Bertz CT molecular complexity index is 504. The molecule has 0 aromatic carbocycles. The molecule has 0 aromatic rings. The predicted molar refractivity (Wildman–Crippen MR) is 101 cm³/mol. The number of aliphatic hydroxyl groups excluding tert-OH is 2. The number of allylic oxidation sites excluding steroid dienone is 5. The van der Waals surface area contributed by atoms with Gasteiger partial charge in [0.1, 0.15) is 0 Å². The smallest absolute Gasteiger partial charge is 0.303 e. The molecule has 0 spiro atoms. The molecule has 6 heteroatoms. The number of hydrogen-bond donors (Lipinski definition) is 4. The second-order valence-corrected chi connectivity index (χ2v) is 5.92. The Labute approximate surface area is 154 Å². The summed E-state index contributed by atoms with van der Waals surface area (Å²) in [4.78, 5) is 20.7. The van der Waals surface area contributed by atoms with Crippen molar-refractivity contribution in [3.8, 4) is 0 Å². The molecule has 146 valence electrons. The van der Waals surface area contributed by atoms with Crippen LogP contribution in [0.15, 0.2) is 48.6 Å². The van der Waals surface area contributed by atoms with Gasteiger partial charge in [-0.25, -0.2) is 0 Å². The van der Waals surface area contributed by atoms with Gasteiger partial charge in [0.2, 0.25) is 0 Å². The van der Waals surface area contributed by atoms with Crippen molar-refractivity contribution >= 4 is 11.9 Å². The number of hydrogen-bond acceptors (Lipinski definition) is 4. The zero-order valence-corrected chi connectivity index (χ0v) is 15.0. The van der Waals surface area contributed by atoms with Crippen LogP contribution in [-0.4, -0.2) is 44.6 Å². The molecule has 6 nitrogen and oxygen atoms in total. The lowest BCUT2D eigenvalue weighted by Crippen LogP contribution is -2.03. The van der Waals surface area contributed by atoms with Crippen molar-refractivity contribution in [2.24, 2.45) is 0 Å². The standard InChI is InChI=1S/C20H30O6/c21-17(11-6-2-1-3-9-15-19(23)24)12-7-4-5-8-13-18(22)14-10-16-20(25)26/h2,4-8,12-13,17-18,21-22H,1,3,9-11,14-16H2,(H,23,24)(H,25,26)/b5-4+,6-2-,12-7+,13-8-/t17-,18-/m1/s1. The Kier molecular flexibility index (Phi) is 14.9. The maximum atomic E-state index is 10.4. The summed E-state index contributed by atoms with van der Waals surface area (Å²) in [5.41, 5.74) is 0. The fourth-order valence-electron chi connectivity index (χ4n) is 2.04. The van der Waals surface area contributed by atoms with E-state index in [9.17, 15) is 19.8 Å². The van der Waals surface area contributed by atoms with Crippen LogP contribution in [-0.2, 0) is 9.59 Å². The van der Waals surface area contributed by atoms with E-state index >= 15 is 0 Å². The Morgan fingerprint density at radius 1 is 0.731 bits per heavy atom. The lowest BCUT2D eigenvalue weighted by atomic mass is 10.1. The number of rotatable bonds is 15. The van der Waals surface area contributed by atoms with Crippen LogP contribution in [0, 0.1) is 0 Å². The fourth-order valence-corrected chi connectivity index (χ4v) is 2.04. The Hall–Kier alpha value is -2.18. The quantitative estimate of drug-likeness (QED) is 0.201. The number of aliphatic carboxylic acids is 2. The van der Waals surface area contributed by atoms with E-state index in [-0.39, 0.29) is 12.8 Å². The molecule has 0 saturated carbocycles. The van der Waals surface area contributed by atoms with E-state index in [4.69, 9.17) is 10.2 Å². The summed E-state index contributed by atoms with van der Waals surface area (Å²) in [5, 5.41) is 36.4. The molecule has 0 aromatic heterocycles. The van der Waals surface area contributed by atoms with Gasteiger partial charge in [-0.2, -0.15) is 0 Å². The summed E-state index contributed by atoms with van der Waals surface area (Å²) in [5.74, 6) is -1.64. The molecule has 0 fully saturated rings. The largest absolute Gasteiger partial charge is 0.481 e. The Balaban J connectivity index is 3.80. The number of carboxylic acid groups (broad SMARTS) is 2. The molecule has 0 saturated heterocycles. The summed E-state index contributed by atoms with van der Waals surface area (Å²) in [6.45, 7) is 0. The molecule has 0 aliphatic carbocycles. The first-order valence-electron chi connectivity index (χ1n) is 8.88. The van der Waals surface area contributed by atoms with E-state index < -0.39 is 24.1 Å². The minimum absolute atomic E-state index is 0.0537. The van der Waals surface area contributed by atoms with Crippen LogP contribution in [0.3, 0.4) is 0 Å². The van der Waals surface area contributed by atoms with Crippen LogP contribution in [0.25, 0.3) is 0 Å². The van der Waals surface area contributed by atoms with Gasteiger partial charge in [-0.3, -0.25) is 9.59 Å². The molecule has 2 atom stereocenters. The van der Waals surface area contributed by atoms with E-state index in [1.54, 1.807) is 36.5 Å². The summed E-state index contributed by atoms with van der Waals surface area (Å²) >= 11 is 0. The molecule has 0 heterocycles. The summed E-state index contributed by atoms with van der Waals surface area (Å²) < 4.78 is 0. The first-order chi connectivity index (χ1) is 12.4. The number of carboxylic acids is 2. The molecule has 0 rings (SSSR count). The predicted octanol–water partition coefficient (Wildman–Crippen LogP) is 3.22. The highest BCUT2D eigenvalue weighted by Gasteiger charge is 2.01. The van der Waals surface area contributed by atoms with Gasteiger partial charge in [-0.15, -0.1) is 0 Å². The second-order valence-electron chi connectivity index (χ2n) is 5.92. The van der Waals surface area contributed by atoms with Crippen LogP contribution >= 0.6 is 0 Å². The van der Waals surface area contributed by atoms with Crippen molar-refractivity contribution in [2.75, 3.05) is 0 Å². The van der Waals surface area contributed by atoms with Gasteiger partial charge in [-0.1, -0.05) is 48.6 Å². The topological polar surface area (TPSA) is 115 Å². The van der Waals surface area contributed by atoms with Gasteiger partial charge < -0.3 is 20.4 Å². The molecule has 0 bridgehead atoms. The monoisotopic (exact) mass is 366 g/mol. The summed E-state index contributed by atoms with van der Waals surface area (Å²) in [7, 11) is 0. The van der Waals surface area contributed by atoms with Crippen molar-refractivity contribution in [3.63, 3.8) is 0 Å². The van der Waals surface area contributed by atoms with Gasteiger partial charge in [0.05, 0.1) is 12.2 Å². The number of carbonyl (C=O) groups is 2. The maximum Gasteiger partial charge on any atom is 0.303 e.